The van der Waals surface area contributed by atoms with Gasteiger partial charge < -0.3 is 14.6 Å². The monoisotopic (exact) mass is 291 g/mol. The molecule has 2 bridgehead atoms. The van der Waals surface area contributed by atoms with Crippen molar-refractivity contribution >= 4 is 6.09 Å². The minimum Gasteiger partial charge on any atom is -0.445 e. The van der Waals surface area contributed by atoms with Gasteiger partial charge in [0.1, 0.15) is 6.61 Å². The molecule has 1 amide bonds. The lowest BCUT2D eigenvalue weighted by atomic mass is 9.88. The van der Waals surface area contributed by atoms with E-state index < -0.39 is 6.10 Å². The third kappa shape index (κ3) is 2.76. The molecule has 5 nitrogen and oxygen atoms in total. The van der Waals surface area contributed by atoms with E-state index in [1.807, 2.05) is 30.3 Å². The van der Waals surface area contributed by atoms with Crippen molar-refractivity contribution in [1.82, 2.24) is 4.90 Å². The van der Waals surface area contributed by atoms with Gasteiger partial charge in [-0.1, -0.05) is 30.3 Å². The van der Waals surface area contributed by atoms with Gasteiger partial charge in [0, 0.05) is 19.1 Å². The van der Waals surface area contributed by atoms with Crippen molar-refractivity contribution in [1.29, 1.82) is 0 Å². The van der Waals surface area contributed by atoms with E-state index in [9.17, 15) is 9.90 Å². The van der Waals surface area contributed by atoms with Crippen molar-refractivity contribution in [3.05, 3.63) is 35.9 Å². The zero-order valence-electron chi connectivity index (χ0n) is 12.1. The van der Waals surface area contributed by atoms with Crippen LogP contribution in [0.2, 0.25) is 0 Å². The molecule has 5 heteroatoms. The summed E-state index contributed by atoms with van der Waals surface area (Å²) >= 11 is 0. The standard InChI is InChI=1S/C16H21NO4/c1-20-10-12-7-14-15(18)8-13(12)17(14)16(19)21-9-11-5-3-2-4-6-11/h2-6,12-15,18H,7-10H2,1H3. The van der Waals surface area contributed by atoms with Crippen LogP contribution in [0.5, 0.6) is 0 Å². The molecular formula is C16H21NO4. The van der Waals surface area contributed by atoms with Gasteiger partial charge in [-0.15, -0.1) is 0 Å². The fourth-order valence-corrected chi connectivity index (χ4v) is 3.56. The van der Waals surface area contributed by atoms with Crippen LogP contribution in [-0.2, 0) is 16.1 Å². The second-order valence-electron chi connectivity index (χ2n) is 5.84. The molecule has 3 rings (SSSR count). The van der Waals surface area contributed by atoms with Gasteiger partial charge in [-0.2, -0.15) is 0 Å². The predicted molar refractivity (Wildman–Crippen MR) is 76.6 cm³/mol. The highest BCUT2D eigenvalue weighted by atomic mass is 16.6. The van der Waals surface area contributed by atoms with Crippen LogP contribution in [0.3, 0.4) is 0 Å². The summed E-state index contributed by atoms with van der Waals surface area (Å²) in [7, 11) is 1.67. The van der Waals surface area contributed by atoms with Gasteiger partial charge in [0.2, 0.25) is 0 Å². The average Bonchev–Trinajstić information content (AvgIpc) is 3.00. The first-order valence-corrected chi connectivity index (χ1v) is 7.36. The van der Waals surface area contributed by atoms with Crippen molar-refractivity contribution in [3.63, 3.8) is 0 Å². The van der Waals surface area contributed by atoms with Gasteiger partial charge in [-0.3, -0.25) is 4.90 Å². The molecule has 2 aliphatic heterocycles. The summed E-state index contributed by atoms with van der Waals surface area (Å²) in [6, 6.07) is 9.52. The van der Waals surface area contributed by atoms with Crippen LogP contribution in [0, 0.1) is 5.92 Å². The minimum atomic E-state index is -0.438. The number of rotatable bonds is 4. The Balaban J connectivity index is 1.62. The minimum absolute atomic E-state index is 0.0354. The Hall–Kier alpha value is -1.59. The van der Waals surface area contributed by atoms with E-state index in [0.29, 0.717) is 18.9 Å². The summed E-state index contributed by atoms with van der Waals surface area (Å²) in [6.45, 7) is 0.886. The Morgan fingerprint density at radius 2 is 2.05 bits per heavy atom. The number of hydrogen-bond donors (Lipinski definition) is 1. The number of hydrogen-bond acceptors (Lipinski definition) is 4. The second kappa shape index (κ2) is 6.03. The van der Waals surface area contributed by atoms with Crippen molar-refractivity contribution in [2.75, 3.05) is 13.7 Å². The van der Waals surface area contributed by atoms with Crippen molar-refractivity contribution in [2.45, 2.75) is 37.6 Å². The maximum Gasteiger partial charge on any atom is 0.410 e. The van der Waals surface area contributed by atoms with E-state index in [1.165, 1.54) is 0 Å². The number of carbonyl (C=O) groups excluding carboxylic acids is 1. The number of aliphatic hydroxyl groups is 1. The molecule has 2 heterocycles. The fraction of sp³-hybridized carbons (Fsp3) is 0.562. The van der Waals surface area contributed by atoms with Crippen LogP contribution >= 0.6 is 0 Å². The maximum absolute atomic E-state index is 12.3. The number of aliphatic hydroxyl groups excluding tert-OH is 1. The van der Waals surface area contributed by atoms with E-state index in [2.05, 4.69) is 0 Å². The molecule has 0 saturated carbocycles. The van der Waals surface area contributed by atoms with Crippen molar-refractivity contribution in [3.8, 4) is 0 Å². The van der Waals surface area contributed by atoms with Gasteiger partial charge in [0.15, 0.2) is 0 Å². The van der Waals surface area contributed by atoms with Crippen LogP contribution < -0.4 is 0 Å². The summed E-state index contributed by atoms with van der Waals surface area (Å²) in [5, 5.41) is 10.0. The number of ether oxygens (including phenoxy) is 2. The smallest absolute Gasteiger partial charge is 0.410 e. The van der Waals surface area contributed by atoms with Crippen LogP contribution in [0.1, 0.15) is 18.4 Å². The molecule has 2 saturated heterocycles. The summed E-state index contributed by atoms with van der Waals surface area (Å²) in [5.74, 6) is 0.299. The first kappa shape index (κ1) is 14.4. The van der Waals surface area contributed by atoms with E-state index >= 15 is 0 Å². The number of nitrogens with zero attached hydrogens (tertiary/aromatic N) is 1. The Bertz CT molecular complexity index is 492. The highest BCUT2D eigenvalue weighted by Gasteiger charge is 2.53. The predicted octanol–water partition coefficient (Wildman–Crippen LogP) is 1.79. The first-order valence-electron chi connectivity index (χ1n) is 7.36. The molecule has 4 atom stereocenters. The molecule has 0 radical (unpaired) electrons. The van der Waals surface area contributed by atoms with Gasteiger partial charge in [-0.25, -0.2) is 4.79 Å². The van der Waals surface area contributed by atoms with Crippen molar-refractivity contribution in [2.24, 2.45) is 5.92 Å². The molecule has 0 spiro atoms. The van der Waals surface area contributed by atoms with E-state index in [-0.39, 0.29) is 24.8 Å². The molecule has 0 aliphatic carbocycles. The number of fused-ring (bicyclic) bond motifs is 2. The molecule has 114 valence electrons. The maximum atomic E-state index is 12.3. The Morgan fingerprint density at radius 3 is 2.76 bits per heavy atom. The fourth-order valence-electron chi connectivity index (χ4n) is 3.56. The molecular weight excluding hydrogens is 270 g/mol. The molecule has 1 aromatic carbocycles. The Labute approximate surface area is 124 Å². The lowest BCUT2D eigenvalue weighted by molar-refractivity contribution is 0.0764. The quantitative estimate of drug-likeness (QED) is 0.919. The SMILES string of the molecule is COCC1CC2C(O)CC1N2C(=O)OCc1ccccc1. The second-order valence-corrected chi connectivity index (χ2v) is 5.84. The third-order valence-corrected chi connectivity index (χ3v) is 4.53. The van der Waals surface area contributed by atoms with Crippen LogP contribution in [-0.4, -0.2) is 48.0 Å². The van der Waals surface area contributed by atoms with Gasteiger partial charge in [0.05, 0.1) is 18.8 Å². The van der Waals surface area contributed by atoms with Crippen LogP contribution in [0.25, 0.3) is 0 Å². The van der Waals surface area contributed by atoms with Gasteiger partial charge >= 0.3 is 6.09 Å². The zero-order chi connectivity index (χ0) is 14.8. The molecule has 0 aromatic heterocycles. The summed E-state index contributed by atoms with van der Waals surface area (Å²) in [5.41, 5.74) is 0.964. The Kier molecular flexibility index (Phi) is 4.12. The van der Waals surface area contributed by atoms with Gasteiger partial charge in [-0.05, 0) is 18.4 Å². The van der Waals surface area contributed by atoms with Gasteiger partial charge in [0.25, 0.3) is 0 Å². The number of methoxy groups -OCH3 is 1. The number of carbonyl (C=O) groups is 1. The van der Waals surface area contributed by atoms with E-state index in [0.717, 1.165) is 12.0 Å². The first-order chi connectivity index (χ1) is 10.2. The molecule has 1 aromatic rings. The molecule has 21 heavy (non-hydrogen) atoms. The summed E-state index contributed by atoms with van der Waals surface area (Å²) in [6.07, 6.45) is 0.649. The van der Waals surface area contributed by atoms with E-state index in [4.69, 9.17) is 9.47 Å². The highest BCUT2D eigenvalue weighted by molar-refractivity contribution is 5.70. The molecule has 2 fully saturated rings. The topological polar surface area (TPSA) is 59.0 Å². The highest BCUT2D eigenvalue weighted by Crippen LogP contribution is 2.42. The lowest BCUT2D eigenvalue weighted by Crippen LogP contribution is -2.38. The lowest BCUT2D eigenvalue weighted by Gasteiger charge is -2.23. The largest absolute Gasteiger partial charge is 0.445 e. The Morgan fingerprint density at radius 1 is 1.29 bits per heavy atom. The molecule has 2 aliphatic rings. The third-order valence-electron chi connectivity index (χ3n) is 4.53. The van der Waals surface area contributed by atoms with Crippen molar-refractivity contribution < 1.29 is 19.4 Å². The molecule has 1 N–H and O–H groups in total. The number of benzene rings is 1. The summed E-state index contributed by atoms with van der Waals surface area (Å²) in [4.78, 5) is 14.0. The normalized spacial score (nSPS) is 30.7. The average molecular weight is 291 g/mol. The van der Waals surface area contributed by atoms with Crippen LogP contribution in [0.4, 0.5) is 4.79 Å². The molecule has 4 unspecified atom stereocenters. The zero-order valence-corrected chi connectivity index (χ0v) is 12.1. The summed E-state index contributed by atoms with van der Waals surface area (Å²) < 4.78 is 10.6. The van der Waals surface area contributed by atoms with E-state index in [1.54, 1.807) is 12.0 Å². The van der Waals surface area contributed by atoms with Crippen LogP contribution in [0.15, 0.2) is 30.3 Å². The number of amides is 1.